The van der Waals surface area contributed by atoms with E-state index in [9.17, 15) is 9.90 Å². The average molecular weight is 255 g/mol. The number of hydrogen-bond donors (Lipinski definition) is 2. The van der Waals surface area contributed by atoms with Gasteiger partial charge in [0.2, 0.25) is 5.91 Å². The van der Waals surface area contributed by atoms with Crippen LogP contribution < -0.4 is 5.73 Å². The van der Waals surface area contributed by atoms with Gasteiger partial charge in [-0.3, -0.25) is 9.69 Å². The minimum atomic E-state index is -0.671. The number of β-amino-alcohol motifs (C(OH)–C–C–N with tert-alkyl or cyclic N) is 1. The van der Waals surface area contributed by atoms with Crippen LogP contribution >= 0.6 is 0 Å². The number of carbonyl (C=O) groups is 1. The van der Waals surface area contributed by atoms with E-state index in [-0.39, 0.29) is 5.91 Å². The normalized spacial score (nSPS) is 24.8. The third kappa shape index (κ3) is 3.02. The first-order chi connectivity index (χ1) is 8.30. The van der Waals surface area contributed by atoms with Gasteiger partial charge in [-0.05, 0) is 33.1 Å². The topological polar surface area (TPSA) is 69.8 Å². The van der Waals surface area contributed by atoms with E-state index < -0.39 is 11.1 Å². The summed E-state index contributed by atoms with van der Waals surface area (Å²) in [5.74, 6) is 0.122. The lowest BCUT2D eigenvalue weighted by molar-refractivity contribution is -0.142. The summed E-state index contributed by atoms with van der Waals surface area (Å²) in [5, 5.41) is 9.78. The zero-order valence-electron chi connectivity index (χ0n) is 11.5. The number of hydrogen-bond acceptors (Lipinski definition) is 4. The summed E-state index contributed by atoms with van der Waals surface area (Å²) in [4.78, 5) is 16.3. The molecule has 0 bridgehead atoms. The molecule has 1 heterocycles. The molecule has 2 fully saturated rings. The van der Waals surface area contributed by atoms with Gasteiger partial charge in [0.05, 0.1) is 11.1 Å². The Labute approximate surface area is 109 Å². The second-order valence-corrected chi connectivity index (χ2v) is 6.39. The molecule has 0 aromatic carbocycles. The molecule has 1 amide bonds. The zero-order chi connectivity index (χ0) is 13.4. The molecule has 5 heteroatoms. The highest BCUT2D eigenvalue weighted by molar-refractivity contribution is 5.87. The van der Waals surface area contributed by atoms with Gasteiger partial charge >= 0.3 is 0 Å². The minimum absolute atomic E-state index is 0.122. The van der Waals surface area contributed by atoms with Gasteiger partial charge in [-0.15, -0.1) is 0 Å². The molecule has 0 atom stereocenters. The van der Waals surface area contributed by atoms with Crippen molar-refractivity contribution in [3.8, 4) is 0 Å². The number of carbonyl (C=O) groups excluding carboxylic acids is 1. The number of rotatable bonds is 3. The second kappa shape index (κ2) is 4.79. The first-order valence-electron chi connectivity index (χ1n) is 6.83. The van der Waals surface area contributed by atoms with Gasteiger partial charge in [0, 0.05) is 32.7 Å². The molecular formula is C13H25N3O2. The predicted molar refractivity (Wildman–Crippen MR) is 70.1 cm³/mol. The molecule has 104 valence electrons. The van der Waals surface area contributed by atoms with Crippen LogP contribution in [0.25, 0.3) is 0 Å². The molecular weight excluding hydrogens is 230 g/mol. The summed E-state index contributed by atoms with van der Waals surface area (Å²) in [7, 11) is 0. The summed E-state index contributed by atoms with van der Waals surface area (Å²) in [6.07, 6.45) is 2.73. The molecule has 1 aliphatic carbocycles. The molecule has 18 heavy (non-hydrogen) atoms. The maximum atomic E-state index is 12.2. The molecule has 1 aliphatic heterocycles. The molecule has 0 aromatic rings. The minimum Gasteiger partial charge on any atom is -0.389 e. The van der Waals surface area contributed by atoms with Gasteiger partial charge < -0.3 is 15.7 Å². The Hall–Kier alpha value is -0.650. The Morgan fingerprint density at radius 2 is 1.83 bits per heavy atom. The lowest BCUT2D eigenvalue weighted by atomic mass is 9.76. The molecule has 0 radical (unpaired) electrons. The Morgan fingerprint density at radius 3 is 2.22 bits per heavy atom. The summed E-state index contributed by atoms with van der Waals surface area (Å²) in [6, 6.07) is 0. The fourth-order valence-electron chi connectivity index (χ4n) is 2.74. The Morgan fingerprint density at radius 1 is 1.28 bits per heavy atom. The fraction of sp³-hybridized carbons (Fsp3) is 0.923. The van der Waals surface area contributed by atoms with E-state index in [0.29, 0.717) is 6.54 Å². The smallest absolute Gasteiger partial charge is 0.242 e. The van der Waals surface area contributed by atoms with Gasteiger partial charge in [0.25, 0.3) is 0 Å². The van der Waals surface area contributed by atoms with Crippen LogP contribution in [0.15, 0.2) is 0 Å². The third-order valence-electron chi connectivity index (χ3n) is 3.94. The quantitative estimate of drug-likeness (QED) is 0.732. The van der Waals surface area contributed by atoms with Crippen molar-refractivity contribution in [2.45, 2.75) is 44.2 Å². The van der Waals surface area contributed by atoms with E-state index in [2.05, 4.69) is 4.90 Å². The maximum absolute atomic E-state index is 12.2. The van der Waals surface area contributed by atoms with E-state index in [4.69, 9.17) is 5.73 Å². The van der Waals surface area contributed by atoms with Gasteiger partial charge in [-0.2, -0.15) is 0 Å². The van der Waals surface area contributed by atoms with Crippen LogP contribution in [0, 0.1) is 0 Å². The van der Waals surface area contributed by atoms with Gasteiger partial charge in [0.1, 0.15) is 0 Å². The molecule has 0 spiro atoms. The predicted octanol–water partition coefficient (Wildman–Crippen LogP) is -0.217. The summed E-state index contributed by atoms with van der Waals surface area (Å²) < 4.78 is 0. The Bertz CT molecular complexity index is 313. The highest BCUT2D eigenvalue weighted by atomic mass is 16.3. The first kappa shape index (κ1) is 13.8. The van der Waals surface area contributed by atoms with Crippen molar-refractivity contribution < 1.29 is 9.90 Å². The van der Waals surface area contributed by atoms with Gasteiger partial charge in [-0.25, -0.2) is 0 Å². The Balaban J connectivity index is 1.81. The largest absolute Gasteiger partial charge is 0.389 e. The van der Waals surface area contributed by atoms with Crippen molar-refractivity contribution in [3.05, 3.63) is 0 Å². The van der Waals surface area contributed by atoms with Crippen molar-refractivity contribution in [1.82, 2.24) is 9.80 Å². The van der Waals surface area contributed by atoms with Crippen molar-refractivity contribution >= 4 is 5.91 Å². The van der Waals surface area contributed by atoms with Crippen molar-refractivity contribution in [2.75, 3.05) is 32.7 Å². The Kier molecular flexibility index (Phi) is 3.67. The number of aliphatic hydroxyl groups is 1. The second-order valence-electron chi connectivity index (χ2n) is 6.39. The van der Waals surface area contributed by atoms with Crippen LogP contribution in [0.1, 0.15) is 33.1 Å². The van der Waals surface area contributed by atoms with Crippen LogP contribution in [0.2, 0.25) is 0 Å². The molecule has 1 saturated heterocycles. The lowest BCUT2D eigenvalue weighted by Crippen LogP contribution is -2.63. The van der Waals surface area contributed by atoms with E-state index in [1.54, 1.807) is 0 Å². The average Bonchev–Trinajstić information content (AvgIpc) is 2.24. The van der Waals surface area contributed by atoms with E-state index in [1.165, 1.54) is 0 Å². The van der Waals surface area contributed by atoms with Crippen LogP contribution in [0.3, 0.4) is 0 Å². The summed E-state index contributed by atoms with van der Waals surface area (Å²) in [5.41, 5.74) is 4.83. The lowest BCUT2D eigenvalue weighted by Gasteiger charge is -2.44. The van der Waals surface area contributed by atoms with Crippen molar-refractivity contribution in [3.63, 3.8) is 0 Å². The zero-order valence-corrected chi connectivity index (χ0v) is 11.5. The molecule has 5 nitrogen and oxygen atoms in total. The summed E-state index contributed by atoms with van der Waals surface area (Å²) in [6.45, 7) is 7.39. The van der Waals surface area contributed by atoms with Gasteiger partial charge in [-0.1, -0.05) is 0 Å². The van der Waals surface area contributed by atoms with Crippen LogP contribution in [0.5, 0.6) is 0 Å². The monoisotopic (exact) mass is 255 g/mol. The SMILES string of the molecule is CC(C)(O)CN1CCN(C(=O)C2(N)CCC2)CC1. The van der Waals surface area contributed by atoms with Crippen LogP contribution in [-0.4, -0.2) is 64.7 Å². The maximum Gasteiger partial charge on any atom is 0.242 e. The molecule has 0 unspecified atom stereocenters. The first-order valence-corrected chi connectivity index (χ1v) is 6.83. The molecule has 2 aliphatic rings. The third-order valence-corrected chi connectivity index (χ3v) is 3.94. The fourth-order valence-corrected chi connectivity index (χ4v) is 2.74. The number of nitrogens with two attached hydrogens (primary N) is 1. The highest BCUT2D eigenvalue weighted by Crippen LogP contribution is 2.31. The van der Waals surface area contributed by atoms with Gasteiger partial charge in [0.15, 0.2) is 0 Å². The van der Waals surface area contributed by atoms with Crippen molar-refractivity contribution in [1.29, 1.82) is 0 Å². The number of nitrogens with zero attached hydrogens (tertiary/aromatic N) is 2. The molecule has 3 N–H and O–H groups in total. The summed E-state index contributed by atoms with van der Waals surface area (Å²) >= 11 is 0. The van der Waals surface area contributed by atoms with Crippen LogP contribution in [0.4, 0.5) is 0 Å². The highest BCUT2D eigenvalue weighted by Gasteiger charge is 2.43. The van der Waals surface area contributed by atoms with E-state index in [1.807, 2.05) is 18.7 Å². The van der Waals surface area contributed by atoms with E-state index in [0.717, 1.165) is 45.4 Å². The van der Waals surface area contributed by atoms with Crippen LogP contribution in [-0.2, 0) is 4.79 Å². The standard InChI is InChI=1S/C13H25N3O2/c1-12(2,18)10-15-6-8-16(9-7-15)11(17)13(14)4-3-5-13/h18H,3-10,14H2,1-2H3. The molecule has 0 aromatic heterocycles. The van der Waals surface area contributed by atoms with E-state index >= 15 is 0 Å². The number of amides is 1. The molecule has 1 saturated carbocycles. The number of piperazine rings is 1. The van der Waals surface area contributed by atoms with Crippen molar-refractivity contribution in [2.24, 2.45) is 5.73 Å². The molecule has 2 rings (SSSR count).